The van der Waals surface area contributed by atoms with E-state index in [1.165, 1.54) is 0 Å². The number of hydrogen-bond acceptors (Lipinski definition) is 3. The summed E-state index contributed by atoms with van der Waals surface area (Å²) in [4.78, 5) is 4.48. The van der Waals surface area contributed by atoms with Crippen LogP contribution in [0.2, 0.25) is 0 Å². The van der Waals surface area contributed by atoms with Crippen LogP contribution in [0.25, 0.3) is 0 Å². The molecule has 0 amide bonds. The average Bonchev–Trinajstić information content (AvgIpc) is 2.74. The first kappa shape index (κ1) is 15.2. The molecular weight excluding hydrogens is 230 g/mol. The quantitative estimate of drug-likeness (QED) is 0.488. The summed E-state index contributed by atoms with van der Waals surface area (Å²) in [5.41, 5.74) is -0.590. The van der Waals surface area contributed by atoms with E-state index in [0.29, 0.717) is 13.2 Å². The van der Waals surface area contributed by atoms with Gasteiger partial charge in [-0.15, -0.1) is 0 Å². The van der Waals surface area contributed by atoms with E-state index in [2.05, 4.69) is 15.6 Å². The van der Waals surface area contributed by atoms with E-state index in [9.17, 15) is 5.11 Å². The minimum absolute atomic E-state index is 0.200. The first-order valence-electron chi connectivity index (χ1n) is 6.86. The van der Waals surface area contributed by atoms with E-state index in [4.69, 9.17) is 4.74 Å². The molecule has 0 aliphatic heterocycles. The van der Waals surface area contributed by atoms with Crippen LogP contribution < -0.4 is 10.6 Å². The summed E-state index contributed by atoms with van der Waals surface area (Å²) in [6.45, 7) is 5.99. The lowest BCUT2D eigenvalue weighted by Gasteiger charge is -2.22. The monoisotopic (exact) mass is 257 g/mol. The highest BCUT2D eigenvalue weighted by Gasteiger charge is 2.30. The van der Waals surface area contributed by atoms with E-state index < -0.39 is 5.60 Å². The van der Waals surface area contributed by atoms with Crippen LogP contribution >= 0.6 is 0 Å². The molecule has 0 spiro atoms. The van der Waals surface area contributed by atoms with Gasteiger partial charge in [0.2, 0.25) is 0 Å². The molecule has 1 unspecified atom stereocenters. The number of guanidine groups is 1. The number of aliphatic imine (C=N–C) groups is 1. The summed E-state index contributed by atoms with van der Waals surface area (Å²) in [5.74, 6) is 0.752. The van der Waals surface area contributed by atoms with Crippen LogP contribution in [0.15, 0.2) is 4.99 Å². The van der Waals surface area contributed by atoms with E-state index in [0.717, 1.165) is 38.2 Å². The van der Waals surface area contributed by atoms with Gasteiger partial charge in [-0.2, -0.15) is 0 Å². The van der Waals surface area contributed by atoms with Crippen molar-refractivity contribution in [1.29, 1.82) is 0 Å². The molecule has 0 saturated heterocycles. The number of nitrogens with zero attached hydrogens (tertiary/aromatic N) is 1. The molecule has 0 aromatic heterocycles. The van der Waals surface area contributed by atoms with E-state index in [1.54, 1.807) is 7.11 Å². The largest absolute Gasteiger partial charge is 0.388 e. The fourth-order valence-corrected chi connectivity index (χ4v) is 2.26. The lowest BCUT2D eigenvalue weighted by molar-refractivity contribution is 0.0574. The molecule has 1 rings (SSSR count). The number of rotatable bonds is 6. The molecule has 0 radical (unpaired) electrons. The van der Waals surface area contributed by atoms with Gasteiger partial charge in [0.05, 0.1) is 18.8 Å². The van der Waals surface area contributed by atoms with Crippen molar-refractivity contribution in [2.75, 3.05) is 26.8 Å². The topological polar surface area (TPSA) is 65.9 Å². The van der Waals surface area contributed by atoms with Crippen LogP contribution in [0.1, 0.15) is 39.5 Å². The highest BCUT2D eigenvalue weighted by molar-refractivity contribution is 5.80. The van der Waals surface area contributed by atoms with Crippen molar-refractivity contribution in [1.82, 2.24) is 10.6 Å². The van der Waals surface area contributed by atoms with Crippen molar-refractivity contribution >= 4 is 5.96 Å². The molecule has 106 valence electrons. The predicted molar refractivity (Wildman–Crippen MR) is 73.9 cm³/mol. The maximum Gasteiger partial charge on any atom is 0.191 e. The maximum absolute atomic E-state index is 10.3. The Morgan fingerprint density at radius 3 is 2.67 bits per heavy atom. The van der Waals surface area contributed by atoms with Crippen LogP contribution in [-0.4, -0.2) is 49.5 Å². The number of methoxy groups -OCH3 is 1. The predicted octanol–water partition coefficient (Wildman–Crippen LogP) is 0.881. The molecule has 1 aliphatic rings. The van der Waals surface area contributed by atoms with Gasteiger partial charge in [-0.05, 0) is 26.7 Å². The van der Waals surface area contributed by atoms with Gasteiger partial charge in [0, 0.05) is 19.7 Å². The summed E-state index contributed by atoms with van der Waals surface area (Å²) < 4.78 is 5.09. The minimum atomic E-state index is -0.590. The van der Waals surface area contributed by atoms with Crippen LogP contribution in [-0.2, 0) is 4.74 Å². The van der Waals surface area contributed by atoms with Gasteiger partial charge in [-0.25, -0.2) is 0 Å². The van der Waals surface area contributed by atoms with Crippen molar-refractivity contribution in [3.8, 4) is 0 Å². The third-order valence-corrected chi connectivity index (χ3v) is 3.21. The van der Waals surface area contributed by atoms with Gasteiger partial charge in [-0.3, -0.25) is 4.99 Å². The Morgan fingerprint density at radius 2 is 2.11 bits per heavy atom. The lowest BCUT2D eigenvalue weighted by atomic mass is 10.0. The standard InChI is InChI=1S/C13H27N3O2/c1-4-14-12(16-11(2)9-18-3)15-10-13(17)7-5-6-8-13/h11,17H,4-10H2,1-3H3,(H2,14,15,16). The third-order valence-electron chi connectivity index (χ3n) is 3.21. The van der Waals surface area contributed by atoms with Gasteiger partial charge in [0.1, 0.15) is 0 Å². The first-order valence-corrected chi connectivity index (χ1v) is 6.86. The van der Waals surface area contributed by atoms with E-state index in [1.807, 2.05) is 13.8 Å². The Hall–Kier alpha value is -0.810. The molecule has 0 aromatic rings. The second-order valence-corrected chi connectivity index (χ2v) is 5.13. The number of aliphatic hydroxyl groups is 1. The molecule has 0 aromatic carbocycles. The second-order valence-electron chi connectivity index (χ2n) is 5.13. The molecule has 18 heavy (non-hydrogen) atoms. The zero-order valence-corrected chi connectivity index (χ0v) is 11.8. The molecule has 3 N–H and O–H groups in total. The average molecular weight is 257 g/mol. The number of nitrogens with one attached hydrogen (secondary N) is 2. The summed E-state index contributed by atoms with van der Waals surface area (Å²) in [5, 5.41) is 16.7. The van der Waals surface area contributed by atoms with Crippen molar-refractivity contribution in [2.24, 2.45) is 4.99 Å². The summed E-state index contributed by atoms with van der Waals surface area (Å²) >= 11 is 0. The van der Waals surface area contributed by atoms with E-state index >= 15 is 0 Å². The number of ether oxygens (including phenoxy) is 1. The van der Waals surface area contributed by atoms with Crippen molar-refractivity contribution in [3.05, 3.63) is 0 Å². The van der Waals surface area contributed by atoms with Gasteiger partial charge in [0.15, 0.2) is 5.96 Å². The molecule has 1 saturated carbocycles. The summed E-state index contributed by atoms with van der Waals surface area (Å²) in [7, 11) is 1.68. The molecule has 0 bridgehead atoms. The molecular formula is C13H27N3O2. The van der Waals surface area contributed by atoms with Crippen molar-refractivity contribution in [2.45, 2.75) is 51.2 Å². The lowest BCUT2D eigenvalue weighted by Crippen LogP contribution is -2.45. The second kappa shape index (κ2) is 7.59. The molecule has 1 atom stereocenters. The highest BCUT2D eigenvalue weighted by atomic mass is 16.5. The molecule has 5 nitrogen and oxygen atoms in total. The Bertz CT molecular complexity index is 263. The normalized spacial score (nSPS) is 20.8. The van der Waals surface area contributed by atoms with Crippen LogP contribution in [0.3, 0.4) is 0 Å². The zero-order chi connectivity index (χ0) is 13.4. The third kappa shape index (κ3) is 5.23. The Kier molecular flexibility index (Phi) is 6.43. The fourth-order valence-electron chi connectivity index (χ4n) is 2.26. The Balaban J connectivity index is 2.48. The van der Waals surface area contributed by atoms with Crippen LogP contribution in [0, 0.1) is 0 Å². The van der Waals surface area contributed by atoms with Gasteiger partial charge < -0.3 is 20.5 Å². The minimum Gasteiger partial charge on any atom is -0.388 e. The van der Waals surface area contributed by atoms with Crippen LogP contribution in [0.4, 0.5) is 0 Å². The number of hydrogen-bond donors (Lipinski definition) is 3. The molecule has 1 fully saturated rings. The van der Waals surface area contributed by atoms with Crippen molar-refractivity contribution < 1.29 is 9.84 Å². The fraction of sp³-hybridized carbons (Fsp3) is 0.923. The Morgan fingerprint density at radius 1 is 1.44 bits per heavy atom. The zero-order valence-electron chi connectivity index (χ0n) is 11.8. The van der Waals surface area contributed by atoms with Gasteiger partial charge in [-0.1, -0.05) is 12.8 Å². The molecule has 5 heteroatoms. The molecule has 0 heterocycles. The SMILES string of the molecule is CCNC(=NCC1(O)CCCC1)NC(C)COC. The van der Waals surface area contributed by atoms with E-state index in [-0.39, 0.29) is 6.04 Å². The van der Waals surface area contributed by atoms with Gasteiger partial charge in [0.25, 0.3) is 0 Å². The van der Waals surface area contributed by atoms with Crippen LogP contribution in [0.5, 0.6) is 0 Å². The summed E-state index contributed by atoms with van der Waals surface area (Å²) in [6, 6.07) is 0.200. The molecule has 1 aliphatic carbocycles. The van der Waals surface area contributed by atoms with Crippen molar-refractivity contribution in [3.63, 3.8) is 0 Å². The maximum atomic E-state index is 10.3. The smallest absolute Gasteiger partial charge is 0.191 e. The Labute approximate surface area is 110 Å². The summed E-state index contributed by atoms with van der Waals surface area (Å²) in [6.07, 6.45) is 3.94. The van der Waals surface area contributed by atoms with Gasteiger partial charge >= 0.3 is 0 Å². The highest BCUT2D eigenvalue weighted by Crippen LogP contribution is 2.29. The first-order chi connectivity index (χ1) is 8.59.